The number of hydrogen-bond acceptors (Lipinski definition) is 9. The van der Waals surface area contributed by atoms with Gasteiger partial charge in [-0.25, -0.2) is 4.98 Å². The highest BCUT2D eigenvalue weighted by Gasteiger charge is 2.32. The van der Waals surface area contributed by atoms with Crippen molar-refractivity contribution in [3.63, 3.8) is 0 Å². The lowest BCUT2D eigenvalue weighted by Gasteiger charge is -2.38. The fourth-order valence-electron chi connectivity index (χ4n) is 4.99. The quantitative estimate of drug-likeness (QED) is 0.284. The number of benzene rings is 2. The van der Waals surface area contributed by atoms with E-state index in [9.17, 15) is 18.4 Å². The highest BCUT2D eigenvalue weighted by molar-refractivity contribution is 5.94. The van der Waals surface area contributed by atoms with Crippen LogP contribution < -0.4 is 5.32 Å². The minimum atomic E-state index is -2.89. The molecule has 220 valence electrons. The van der Waals surface area contributed by atoms with Crippen molar-refractivity contribution in [3.05, 3.63) is 83.9 Å². The Hall–Kier alpha value is -5.11. The van der Waals surface area contributed by atoms with Gasteiger partial charge in [-0.05, 0) is 41.1 Å². The summed E-state index contributed by atoms with van der Waals surface area (Å²) in [4.78, 5) is 38.1. The Morgan fingerprint density at radius 1 is 1.02 bits per heavy atom. The first-order valence-electron chi connectivity index (χ1n) is 13.7. The van der Waals surface area contributed by atoms with Gasteiger partial charge in [0.15, 0.2) is 11.4 Å². The maximum Gasteiger partial charge on any atom is 0.350 e. The molecule has 0 spiro atoms. The van der Waals surface area contributed by atoms with E-state index in [2.05, 4.69) is 30.7 Å². The second-order valence-corrected chi connectivity index (χ2v) is 9.92. The minimum Gasteiger partial charge on any atom is -0.436 e. The van der Waals surface area contributed by atoms with Crippen LogP contribution in [0.4, 0.5) is 14.5 Å². The number of oxazole rings is 1. The maximum atomic E-state index is 13.5. The number of alkyl halides is 2. The number of nitrogens with one attached hydrogen (secondary N) is 1. The summed E-state index contributed by atoms with van der Waals surface area (Å²) in [7, 11) is 0. The number of tetrazole rings is 1. The Labute approximate surface area is 244 Å². The van der Waals surface area contributed by atoms with E-state index in [4.69, 9.17) is 4.42 Å². The van der Waals surface area contributed by atoms with Gasteiger partial charge in [0.05, 0.1) is 6.04 Å². The topological polar surface area (TPSA) is 135 Å². The molecule has 1 aliphatic heterocycles. The first-order valence-corrected chi connectivity index (χ1v) is 13.7. The van der Waals surface area contributed by atoms with E-state index in [1.807, 2.05) is 35.2 Å². The van der Waals surface area contributed by atoms with Crippen molar-refractivity contribution in [2.45, 2.75) is 25.9 Å². The van der Waals surface area contributed by atoms with Crippen molar-refractivity contribution in [1.29, 1.82) is 0 Å². The van der Waals surface area contributed by atoms with Gasteiger partial charge in [0, 0.05) is 50.0 Å². The molecule has 3 aromatic heterocycles. The summed E-state index contributed by atoms with van der Waals surface area (Å²) in [5, 5.41) is 14.1. The molecule has 4 heterocycles. The number of hydrogen-bond donors (Lipinski definition) is 1. The number of aromatic nitrogens is 6. The lowest BCUT2D eigenvalue weighted by atomic mass is 10.0. The van der Waals surface area contributed by atoms with Crippen LogP contribution in [0.2, 0.25) is 0 Å². The largest absolute Gasteiger partial charge is 0.436 e. The molecule has 1 unspecified atom stereocenters. The van der Waals surface area contributed by atoms with Gasteiger partial charge in [0.1, 0.15) is 11.2 Å². The molecule has 2 amide bonds. The fourth-order valence-corrected chi connectivity index (χ4v) is 4.99. The first kappa shape index (κ1) is 28.0. The molecular formula is C29H27F2N9O3. The van der Waals surface area contributed by atoms with E-state index in [0.717, 1.165) is 5.56 Å². The number of rotatable bonds is 8. The molecule has 0 radical (unpaired) electrons. The Bertz CT molecular complexity index is 1750. The highest BCUT2D eigenvalue weighted by atomic mass is 19.3. The fraction of sp³-hybridized carbons (Fsp3) is 0.276. The number of fused-ring (bicyclic) bond motifs is 1. The monoisotopic (exact) mass is 587 g/mol. The third-order valence-electron chi connectivity index (χ3n) is 7.16. The molecule has 14 heteroatoms. The zero-order valence-corrected chi connectivity index (χ0v) is 23.1. The molecule has 5 aromatic rings. The SMILES string of the molecule is CCC(=O)Nc1ccc2oc(-c3ccnc(C(=O)N4CCN(C(c5ccccc5)c5nnn(C(F)F)n5)CC4)c3)nc2c1. The predicted octanol–water partition coefficient (Wildman–Crippen LogP) is 4.17. The lowest BCUT2D eigenvalue weighted by Crippen LogP contribution is -2.50. The molecule has 0 bridgehead atoms. The van der Waals surface area contributed by atoms with E-state index in [0.29, 0.717) is 65.6 Å². The van der Waals surface area contributed by atoms with Crippen molar-refractivity contribution >= 4 is 28.6 Å². The van der Waals surface area contributed by atoms with Crippen molar-refractivity contribution in [2.75, 3.05) is 31.5 Å². The number of amides is 2. The van der Waals surface area contributed by atoms with Gasteiger partial charge in [-0.2, -0.15) is 8.78 Å². The predicted molar refractivity (Wildman–Crippen MR) is 151 cm³/mol. The number of nitrogens with zero attached hydrogens (tertiary/aromatic N) is 8. The standard InChI is InChI=1S/C29H27F2N9O3/c1-2-24(41)33-20-8-9-23-21(17-20)34-27(43-23)19-10-11-32-22(16-19)28(42)39-14-12-38(13-15-39)25(18-6-4-3-5-7-18)26-35-37-40(36-26)29(30)31/h3-11,16-17,25,29H,2,12-15H2,1H3,(H,33,41). The molecule has 43 heavy (non-hydrogen) atoms. The molecule has 12 nitrogen and oxygen atoms in total. The van der Waals surface area contributed by atoms with Crippen LogP contribution in [0.25, 0.3) is 22.6 Å². The van der Waals surface area contributed by atoms with Gasteiger partial charge in [0.2, 0.25) is 11.8 Å². The van der Waals surface area contributed by atoms with Crippen LogP contribution in [-0.4, -0.2) is 78.0 Å². The smallest absolute Gasteiger partial charge is 0.350 e. The van der Waals surface area contributed by atoms with E-state index in [1.165, 1.54) is 6.20 Å². The Morgan fingerprint density at radius 3 is 2.53 bits per heavy atom. The van der Waals surface area contributed by atoms with Gasteiger partial charge < -0.3 is 14.6 Å². The number of pyridine rings is 1. The number of carbonyl (C=O) groups excluding carboxylic acids is 2. The van der Waals surface area contributed by atoms with E-state index in [-0.39, 0.29) is 23.3 Å². The van der Waals surface area contributed by atoms with E-state index < -0.39 is 12.6 Å². The number of halogens is 2. The highest BCUT2D eigenvalue weighted by Crippen LogP contribution is 2.29. The van der Waals surface area contributed by atoms with Crippen LogP contribution in [0, 0.1) is 0 Å². The summed E-state index contributed by atoms with van der Waals surface area (Å²) in [6.07, 6.45) is 1.89. The average Bonchev–Trinajstić information content (AvgIpc) is 3.70. The summed E-state index contributed by atoms with van der Waals surface area (Å²) < 4.78 is 32.2. The number of piperazine rings is 1. The van der Waals surface area contributed by atoms with Crippen LogP contribution in [0.5, 0.6) is 0 Å². The van der Waals surface area contributed by atoms with Crippen LogP contribution in [0.15, 0.2) is 71.3 Å². The normalized spacial score (nSPS) is 14.7. The lowest BCUT2D eigenvalue weighted by molar-refractivity contribution is -0.115. The minimum absolute atomic E-state index is 0.104. The third kappa shape index (κ3) is 5.95. The Balaban J connectivity index is 1.17. The van der Waals surface area contributed by atoms with Gasteiger partial charge in [0.25, 0.3) is 5.91 Å². The molecule has 6 rings (SSSR count). The Kier molecular flexibility index (Phi) is 7.83. The van der Waals surface area contributed by atoms with Gasteiger partial charge in [-0.15, -0.1) is 10.2 Å². The van der Waals surface area contributed by atoms with Crippen LogP contribution in [-0.2, 0) is 4.79 Å². The molecule has 0 saturated carbocycles. The molecule has 1 aliphatic rings. The van der Waals surface area contributed by atoms with E-state index >= 15 is 0 Å². The van der Waals surface area contributed by atoms with E-state index in [1.54, 1.807) is 42.2 Å². The maximum absolute atomic E-state index is 13.5. The molecular weight excluding hydrogens is 560 g/mol. The number of carbonyl (C=O) groups is 2. The first-order chi connectivity index (χ1) is 20.9. The van der Waals surface area contributed by atoms with Gasteiger partial charge in [-0.3, -0.25) is 19.5 Å². The van der Waals surface area contributed by atoms with Crippen molar-refractivity contribution in [1.82, 2.24) is 40.0 Å². The third-order valence-corrected chi connectivity index (χ3v) is 7.16. The van der Waals surface area contributed by atoms with Gasteiger partial charge >= 0.3 is 6.55 Å². The zero-order valence-electron chi connectivity index (χ0n) is 23.1. The molecule has 1 N–H and O–H groups in total. The molecule has 1 fully saturated rings. The second-order valence-electron chi connectivity index (χ2n) is 9.92. The zero-order chi connectivity index (χ0) is 29.9. The average molecular weight is 588 g/mol. The molecule has 1 saturated heterocycles. The number of anilines is 1. The summed E-state index contributed by atoms with van der Waals surface area (Å²) in [5.41, 5.74) is 3.40. The van der Waals surface area contributed by atoms with Crippen LogP contribution in [0.1, 0.15) is 47.8 Å². The van der Waals surface area contributed by atoms with Gasteiger partial charge in [-0.1, -0.05) is 42.1 Å². The summed E-state index contributed by atoms with van der Waals surface area (Å²) >= 11 is 0. The Morgan fingerprint density at radius 2 is 1.81 bits per heavy atom. The summed E-state index contributed by atoms with van der Waals surface area (Å²) in [6, 6.07) is 17.4. The summed E-state index contributed by atoms with van der Waals surface area (Å²) in [6.45, 7) is 0.553. The van der Waals surface area contributed by atoms with Crippen molar-refractivity contribution < 1.29 is 22.8 Å². The second kappa shape index (κ2) is 12.0. The van der Waals surface area contributed by atoms with Crippen molar-refractivity contribution in [2.24, 2.45) is 0 Å². The molecule has 2 aromatic carbocycles. The molecule has 1 atom stereocenters. The molecule has 0 aliphatic carbocycles. The summed E-state index contributed by atoms with van der Waals surface area (Å²) in [5.74, 6) is 0.136. The van der Waals surface area contributed by atoms with Crippen LogP contribution in [0.3, 0.4) is 0 Å². The van der Waals surface area contributed by atoms with Crippen LogP contribution >= 0.6 is 0 Å². The van der Waals surface area contributed by atoms with Crippen molar-refractivity contribution in [3.8, 4) is 11.5 Å².